The van der Waals surface area contributed by atoms with Gasteiger partial charge in [-0.3, -0.25) is 0 Å². The van der Waals surface area contributed by atoms with Gasteiger partial charge in [0.05, 0.1) is 30.4 Å². The number of aliphatic hydroxyl groups is 1. The number of rotatable bonds is 3. The van der Waals surface area contributed by atoms with Gasteiger partial charge in [-0.15, -0.1) is 0 Å². The zero-order chi connectivity index (χ0) is 17.8. The molecule has 1 aromatic carbocycles. The van der Waals surface area contributed by atoms with Gasteiger partial charge in [0, 0.05) is 5.56 Å². The molecule has 1 saturated carbocycles. The number of fused-ring (bicyclic) bond motifs is 3. The van der Waals surface area contributed by atoms with Gasteiger partial charge in [-0.25, -0.2) is 9.78 Å². The first-order chi connectivity index (χ1) is 12.1. The molecular formula is C19H24N2O4. The molecule has 134 valence electrons. The maximum atomic E-state index is 10.7. The average molecular weight is 344 g/mol. The Hall–Kier alpha value is -2.34. The lowest BCUT2D eigenvalue weighted by molar-refractivity contribution is 0.0686. The Labute approximate surface area is 146 Å². The first kappa shape index (κ1) is 17.5. The van der Waals surface area contributed by atoms with Gasteiger partial charge in [0.25, 0.3) is 0 Å². The topological polar surface area (TPSA) is 95.6 Å². The van der Waals surface area contributed by atoms with Crippen LogP contribution in [0.5, 0.6) is 0 Å². The molecule has 6 nitrogen and oxygen atoms in total. The van der Waals surface area contributed by atoms with E-state index in [9.17, 15) is 5.11 Å². The highest BCUT2D eigenvalue weighted by Gasteiger charge is 2.32. The van der Waals surface area contributed by atoms with E-state index >= 15 is 0 Å². The van der Waals surface area contributed by atoms with Crippen molar-refractivity contribution in [1.29, 1.82) is 0 Å². The van der Waals surface area contributed by atoms with Gasteiger partial charge >= 0.3 is 6.16 Å². The highest BCUT2D eigenvalue weighted by Crippen LogP contribution is 2.42. The summed E-state index contributed by atoms with van der Waals surface area (Å²) in [5.74, 6) is 0.485. The zero-order valence-corrected chi connectivity index (χ0v) is 14.1. The summed E-state index contributed by atoms with van der Waals surface area (Å²) in [6, 6.07) is 8.78. The van der Waals surface area contributed by atoms with Crippen LogP contribution in [0.1, 0.15) is 50.1 Å². The SMILES string of the molecule is O=C(O)O.OC(CC1c2ccccc2-c2cncn21)C1CCCCC1. The maximum Gasteiger partial charge on any atom is 0.503 e. The van der Waals surface area contributed by atoms with Crippen LogP contribution in [0.25, 0.3) is 11.3 Å². The third kappa shape index (κ3) is 3.85. The summed E-state index contributed by atoms with van der Waals surface area (Å²) in [5.41, 5.74) is 3.80. The number of carbonyl (C=O) groups is 1. The van der Waals surface area contributed by atoms with Crippen LogP contribution in [-0.2, 0) is 0 Å². The summed E-state index contributed by atoms with van der Waals surface area (Å²) in [7, 11) is 0. The first-order valence-electron chi connectivity index (χ1n) is 8.79. The lowest BCUT2D eigenvalue weighted by atomic mass is 9.82. The Balaban J connectivity index is 0.000000415. The summed E-state index contributed by atoms with van der Waals surface area (Å²) in [4.78, 5) is 12.8. The lowest BCUT2D eigenvalue weighted by Crippen LogP contribution is -2.26. The van der Waals surface area contributed by atoms with E-state index < -0.39 is 6.16 Å². The number of hydrogen-bond acceptors (Lipinski definition) is 3. The van der Waals surface area contributed by atoms with Crippen molar-refractivity contribution in [2.45, 2.75) is 50.7 Å². The molecule has 1 aliphatic heterocycles. The number of carboxylic acid groups (broad SMARTS) is 2. The van der Waals surface area contributed by atoms with Crippen LogP contribution in [0.15, 0.2) is 36.8 Å². The van der Waals surface area contributed by atoms with Crippen molar-refractivity contribution in [3.05, 3.63) is 42.4 Å². The number of aromatic nitrogens is 2. The van der Waals surface area contributed by atoms with Gasteiger partial charge in [0.15, 0.2) is 0 Å². The van der Waals surface area contributed by atoms with E-state index in [-0.39, 0.29) is 12.1 Å². The number of benzene rings is 1. The Bertz CT molecular complexity index is 718. The summed E-state index contributed by atoms with van der Waals surface area (Å²) in [6.07, 6.45) is 8.89. The molecule has 2 unspecified atom stereocenters. The van der Waals surface area contributed by atoms with Crippen molar-refractivity contribution in [2.24, 2.45) is 5.92 Å². The molecule has 3 N–H and O–H groups in total. The Morgan fingerprint density at radius 2 is 1.88 bits per heavy atom. The molecule has 1 aliphatic carbocycles. The van der Waals surface area contributed by atoms with E-state index in [1.54, 1.807) is 0 Å². The van der Waals surface area contributed by atoms with Crippen molar-refractivity contribution >= 4 is 6.16 Å². The molecule has 4 rings (SSSR count). The monoisotopic (exact) mass is 344 g/mol. The molecule has 0 spiro atoms. The zero-order valence-electron chi connectivity index (χ0n) is 14.1. The van der Waals surface area contributed by atoms with Gasteiger partial charge in [0.1, 0.15) is 0 Å². The number of aliphatic hydroxyl groups excluding tert-OH is 1. The summed E-state index contributed by atoms with van der Waals surface area (Å²) >= 11 is 0. The van der Waals surface area contributed by atoms with E-state index in [1.165, 1.54) is 48.9 Å². The number of hydrogen-bond donors (Lipinski definition) is 3. The van der Waals surface area contributed by atoms with Crippen LogP contribution in [0.3, 0.4) is 0 Å². The summed E-state index contributed by atoms with van der Waals surface area (Å²) in [6.45, 7) is 0. The molecule has 0 bridgehead atoms. The fourth-order valence-corrected chi connectivity index (χ4v) is 4.11. The number of imidazole rings is 1. The minimum atomic E-state index is -1.83. The van der Waals surface area contributed by atoms with Crippen molar-refractivity contribution in [1.82, 2.24) is 9.55 Å². The van der Waals surface area contributed by atoms with E-state index in [1.807, 2.05) is 12.5 Å². The molecule has 2 atom stereocenters. The molecular weight excluding hydrogens is 320 g/mol. The molecule has 0 saturated heterocycles. The smallest absolute Gasteiger partial charge is 0.450 e. The molecule has 0 amide bonds. The minimum Gasteiger partial charge on any atom is -0.450 e. The standard InChI is InChI=1S/C18H22N2O.CH2O3/c21-18(13-6-2-1-3-7-13)10-16-14-8-4-5-9-15(14)17-11-19-12-20(16)17;2-1(3)4/h4-5,8-9,11-13,16,18,21H,1-3,6-7,10H2;(H2,2,3,4). The largest absolute Gasteiger partial charge is 0.503 e. The van der Waals surface area contributed by atoms with Gasteiger partial charge in [-0.2, -0.15) is 0 Å². The van der Waals surface area contributed by atoms with Crippen LogP contribution in [0.4, 0.5) is 4.79 Å². The second-order valence-electron chi connectivity index (χ2n) is 6.77. The fraction of sp³-hybridized carbons (Fsp3) is 0.474. The first-order valence-corrected chi connectivity index (χ1v) is 8.79. The van der Waals surface area contributed by atoms with Crippen molar-refractivity contribution < 1.29 is 20.1 Å². The Morgan fingerprint density at radius 1 is 1.20 bits per heavy atom. The molecule has 25 heavy (non-hydrogen) atoms. The van der Waals surface area contributed by atoms with Crippen LogP contribution in [0.2, 0.25) is 0 Å². The molecule has 6 heteroatoms. The van der Waals surface area contributed by atoms with Gasteiger partial charge in [-0.1, -0.05) is 43.5 Å². The van der Waals surface area contributed by atoms with Crippen LogP contribution >= 0.6 is 0 Å². The molecule has 2 heterocycles. The second kappa shape index (κ2) is 7.70. The second-order valence-corrected chi connectivity index (χ2v) is 6.77. The van der Waals surface area contributed by atoms with Crippen LogP contribution in [0, 0.1) is 5.92 Å². The predicted octanol–water partition coefficient (Wildman–Crippen LogP) is 4.01. The summed E-state index contributed by atoms with van der Waals surface area (Å²) in [5, 5.41) is 24.6. The minimum absolute atomic E-state index is 0.197. The quantitative estimate of drug-likeness (QED) is 0.782. The van der Waals surface area contributed by atoms with Crippen molar-refractivity contribution in [3.63, 3.8) is 0 Å². The van der Waals surface area contributed by atoms with E-state index in [4.69, 9.17) is 15.0 Å². The average Bonchev–Trinajstić information content (AvgIpc) is 3.18. The van der Waals surface area contributed by atoms with Crippen molar-refractivity contribution in [3.8, 4) is 11.3 Å². The van der Waals surface area contributed by atoms with Crippen LogP contribution < -0.4 is 0 Å². The maximum absolute atomic E-state index is 10.7. The van der Waals surface area contributed by atoms with E-state index in [0.717, 1.165) is 6.42 Å². The van der Waals surface area contributed by atoms with Gasteiger partial charge in [-0.05, 0) is 30.7 Å². The van der Waals surface area contributed by atoms with Crippen molar-refractivity contribution in [2.75, 3.05) is 0 Å². The van der Waals surface area contributed by atoms with E-state index in [0.29, 0.717) is 5.92 Å². The Morgan fingerprint density at radius 3 is 2.60 bits per heavy atom. The predicted molar refractivity (Wildman–Crippen MR) is 93.7 cm³/mol. The van der Waals surface area contributed by atoms with Gasteiger partial charge in [0.2, 0.25) is 0 Å². The molecule has 0 radical (unpaired) electrons. The molecule has 1 aromatic heterocycles. The Kier molecular flexibility index (Phi) is 5.38. The highest BCUT2D eigenvalue weighted by molar-refractivity contribution is 5.68. The third-order valence-corrected chi connectivity index (χ3v) is 5.26. The van der Waals surface area contributed by atoms with Crippen LogP contribution in [-0.4, -0.2) is 37.1 Å². The fourth-order valence-electron chi connectivity index (χ4n) is 4.11. The normalized spacial score (nSPS) is 20.1. The highest BCUT2D eigenvalue weighted by atomic mass is 16.6. The van der Waals surface area contributed by atoms with Gasteiger partial charge < -0.3 is 19.9 Å². The third-order valence-electron chi connectivity index (χ3n) is 5.26. The molecule has 1 fully saturated rings. The lowest BCUT2D eigenvalue weighted by Gasteiger charge is -2.29. The van der Waals surface area contributed by atoms with E-state index in [2.05, 4.69) is 33.8 Å². The number of nitrogens with zero attached hydrogens (tertiary/aromatic N) is 2. The summed E-state index contributed by atoms with van der Waals surface area (Å²) < 4.78 is 2.23. The molecule has 2 aromatic rings. The molecule has 2 aliphatic rings.